The normalized spacial score (nSPS) is 16.8. The number of amides is 3. The number of hydrogen-bond acceptors (Lipinski definition) is 6. The first-order valence-corrected chi connectivity index (χ1v) is 14.0. The molecule has 39 heavy (non-hydrogen) atoms. The Balaban J connectivity index is 1.17. The van der Waals surface area contributed by atoms with Crippen LogP contribution in [0.2, 0.25) is 0 Å². The lowest BCUT2D eigenvalue weighted by Crippen LogP contribution is -2.51. The van der Waals surface area contributed by atoms with Crippen molar-refractivity contribution in [2.45, 2.75) is 6.61 Å². The van der Waals surface area contributed by atoms with Crippen LogP contribution in [0.25, 0.3) is 6.08 Å². The lowest BCUT2D eigenvalue weighted by molar-refractivity contribution is -0.136. The van der Waals surface area contributed by atoms with Crippen molar-refractivity contribution in [2.24, 2.45) is 0 Å². The van der Waals surface area contributed by atoms with Crippen LogP contribution in [0.5, 0.6) is 5.75 Å². The van der Waals surface area contributed by atoms with E-state index in [2.05, 4.69) is 20.8 Å². The largest absolute Gasteiger partial charge is 0.488 e. The molecule has 5 rings (SSSR count). The van der Waals surface area contributed by atoms with Crippen molar-refractivity contribution in [1.29, 1.82) is 0 Å². The number of carbonyl (C=O) groups excluding carboxylic acids is 3. The molecule has 3 aromatic carbocycles. The fourth-order valence-corrected chi connectivity index (χ4v) is 5.69. The van der Waals surface area contributed by atoms with Crippen LogP contribution in [0.4, 0.5) is 14.9 Å². The molecule has 2 aliphatic heterocycles. The van der Waals surface area contributed by atoms with E-state index in [0.29, 0.717) is 42.0 Å². The second kappa shape index (κ2) is 12.0. The highest BCUT2D eigenvalue weighted by molar-refractivity contribution is 9.10. The first-order chi connectivity index (χ1) is 18.9. The molecule has 0 atom stereocenters. The van der Waals surface area contributed by atoms with Gasteiger partial charge in [-0.1, -0.05) is 36.4 Å². The second-order valence-electron chi connectivity index (χ2n) is 9.08. The van der Waals surface area contributed by atoms with Gasteiger partial charge in [0.2, 0.25) is 5.91 Å². The van der Waals surface area contributed by atoms with E-state index in [1.165, 1.54) is 12.1 Å². The summed E-state index contributed by atoms with van der Waals surface area (Å²) in [4.78, 5) is 43.7. The Hall–Kier alpha value is -3.63. The van der Waals surface area contributed by atoms with Gasteiger partial charge in [0.25, 0.3) is 11.1 Å². The highest BCUT2D eigenvalue weighted by Gasteiger charge is 2.37. The third-order valence-corrected chi connectivity index (χ3v) is 8.01. The topological polar surface area (TPSA) is 70.2 Å². The van der Waals surface area contributed by atoms with Gasteiger partial charge in [-0.25, -0.2) is 4.39 Å². The lowest BCUT2D eigenvalue weighted by Gasteiger charge is -2.36. The van der Waals surface area contributed by atoms with Crippen molar-refractivity contribution < 1.29 is 23.5 Å². The van der Waals surface area contributed by atoms with Gasteiger partial charge in [0.05, 0.1) is 9.38 Å². The number of carbonyl (C=O) groups is 3. The summed E-state index contributed by atoms with van der Waals surface area (Å²) in [6.07, 6.45) is 1.63. The molecule has 0 N–H and O–H groups in total. The van der Waals surface area contributed by atoms with Gasteiger partial charge in [0, 0.05) is 31.9 Å². The molecule has 0 radical (unpaired) electrons. The number of hydrogen-bond donors (Lipinski definition) is 0. The molecule has 0 unspecified atom stereocenters. The Morgan fingerprint density at radius 1 is 0.974 bits per heavy atom. The van der Waals surface area contributed by atoms with E-state index in [1.54, 1.807) is 41.3 Å². The number of imide groups is 1. The molecule has 2 aliphatic rings. The molecule has 3 aromatic rings. The highest BCUT2D eigenvalue weighted by Crippen LogP contribution is 2.34. The van der Waals surface area contributed by atoms with Gasteiger partial charge in [0.1, 0.15) is 24.7 Å². The summed E-state index contributed by atoms with van der Waals surface area (Å²) in [6, 6.07) is 21.4. The zero-order valence-electron chi connectivity index (χ0n) is 20.9. The standard InChI is InChI=1S/C29H25BrFN3O4S/c30-24-16-21(8-11-25(24)38-19-20-6-9-22(31)10-7-20)17-26-28(36)34(29(37)39-26)18-27(35)33-14-12-32(13-15-33)23-4-2-1-3-5-23/h1-11,16-17H,12-15,18-19H2/b26-17+. The van der Waals surface area contributed by atoms with Gasteiger partial charge in [-0.3, -0.25) is 19.3 Å². The Morgan fingerprint density at radius 3 is 2.38 bits per heavy atom. The van der Waals surface area contributed by atoms with Crippen LogP contribution in [-0.4, -0.2) is 59.6 Å². The number of ether oxygens (including phenoxy) is 1. The molecule has 10 heteroatoms. The van der Waals surface area contributed by atoms with Gasteiger partial charge in [-0.2, -0.15) is 0 Å². The number of benzene rings is 3. The minimum Gasteiger partial charge on any atom is -0.488 e. The van der Waals surface area contributed by atoms with Crippen molar-refractivity contribution in [3.8, 4) is 5.75 Å². The molecular formula is C29H25BrFN3O4S. The van der Waals surface area contributed by atoms with Gasteiger partial charge in [0.15, 0.2) is 0 Å². The summed E-state index contributed by atoms with van der Waals surface area (Å²) in [5.74, 6) is -0.437. The summed E-state index contributed by atoms with van der Waals surface area (Å²) < 4.78 is 19.6. The third kappa shape index (κ3) is 6.51. The Labute approximate surface area is 238 Å². The fraction of sp³-hybridized carbons (Fsp3) is 0.207. The van der Waals surface area contributed by atoms with E-state index in [4.69, 9.17) is 4.74 Å². The van der Waals surface area contributed by atoms with Gasteiger partial charge >= 0.3 is 0 Å². The highest BCUT2D eigenvalue weighted by atomic mass is 79.9. The Kier molecular flexibility index (Phi) is 8.33. The predicted molar refractivity (Wildman–Crippen MR) is 153 cm³/mol. The molecule has 2 heterocycles. The van der Waals surface area contributed by atoms with E-state index in [9.17, 15) is 18.8 Å². The first-order valence-electron chi connectivity index (χ1n) is 12.4. The average molecular weight is 611 g/mol. The van der Waals surface area contributed by atoms with Crippen molar-refractivity contribution in [3.05, 3.63) is 99.1 Å². The van der Waals surface area contributed by atoms with E-state index >= 15 is 0 Å². The zero-order valence-corrected chi connectivity index (χ0v) is 23.3. The fourth-order valence-electron chi connectivity index (χ4n) is 4.34. The summed E-state index contributed by atoms with van der Waals surface area (Å²) in [7, 11) is 0. The van der Waals surface area contributed by atoms with Crippen LogP contribution in [-0.2, 0) is 16.2 Å². The Bertz CT molecular complexity index is 1410. The number of anilines is 1. The van der Waals surface area contributed by atoms with Crippen molar-refractivity contribution in [3.63, 3.8) is 0 Å². The monoisotopic (exact) mass is 609 g/mol. The van der Waals surface area contributed by atoms with E-state index < -0.39 is 11.1 Å². The molecule has 0 bridgehead atoms. The Morgan fingerprint density at radius 2 is 1.69 bits per heavy atom. The third-order valence-electron chi connectivity index (χ3n) is 6.48. The van der Waals surface area contributed by atoms with Crippen LogP contribution in [0.1, 0.15) is 11.1 Å². The van der Waals surface area contributed by atoms with E-state index in [-0.39, 0.29) is 29.8 Å². The molecule has 0 saturated carbocycles. The molecule has 0 aliphatic carbocycles. The molecule has 0 spiro atoms. The van der Waals surface area contributed by atoms with Crippen molar-refractivity contribution in [1.82, 2.24) is 9.80 Å². The van der Waals surface area contributed by atoms with Crippen LogP contribution in [0, 0.1) is 5.82 Å². The number of nitrogens with zero attached hydrogens (tertiary/aromatic N) is 3. The molecule has 3 amide bonds. The quantitative estimate of drug-likeness (QED) is 0.327. The van der Waals surface area contributed by atoms with Crippen molar-refractivity contribution in [2.75, 3.05) is 37.6 Å². The van der Waals surface area contributed by atoms with Gasteiger partial charge in [-0.15, -0.1) is 0 Å². The van der Waals surface area contributed by atoms with Crippen LogP contribution in [0.15, 0.2) is 82.2 Å². The van der Waals surface area contributed by atoms with Crippen LogP contribution in [0.3, 0.4) is 0 Å². The SMILES string of the molecule is O=C(CN1C(=O)S/C(=C/c2ccc(OCc3ccc(F)cc3)c(Br)c2)C1=O)N1CCN(c2ccccc2)CC1. The molecule has 0 aromatic heterocycles. The average Bonchev–Trinajstić information content (AvgIpc) is 3.21. The summed E-state index contributed by atoms with van der Waals surface area (Å²) in [5, 5.41) is -0.458. The molecular weight excluding hydrogens is 585 g/mol. The number of piperazine rings is 1. The number of rotatable bonds is 7. The van der Waals surface area contributed by atoms with Gasteiger partial charge < -0.3 is 14.5 Å². The molecule has 2 saturated heterocycles. The number of thioether (sulfide) groups is 1. The smallest absolute Gasteiger partial charge is 0.294 e. The van der Waals surface area contributed by atoms with E-state index in [1.807, 2.05) is 30.3 Å². The van der Waals surface area contributed by atoms with Crippen LogP contribution >= 0.6 is 27.7 Å². The number of halogens is 2. The minimum absolute atomic E-state index is 0.239. The molecule has 7 nitrogen and oxygen atoms in total. The minimum atomic E-state index is -0.478. The van der Waals surface area contributed by atoms with Crippen molar-refractivity contribution >= 4 is 56.5 Å². The maximum Gasteiger partial charge on any atom is 0.294 e. The number of para-hydroxylation sites is 1. The van der Waals surface area contributed by atoms with Gasteiger partial charge in [-0.05, 0) is 81.3 Å². The van der Waals surface area contributed by atoms with E-state index in [0.717, 1.165) is 27.9 Å². The lowest BCUT2D eigenvalue weighted by atomic mass is 10.2. The summed E-state index contributed by atoms with van der Waals surface area (Å²) in [6.45, 7) is 2.44. The summed E-state index contributed by atoms with van der Waals surface area (Å²) >= 11 is 4.30. The first kappa shape index (κ1) is 27.0. The maximum atomic E-state index is 13.1. The predicted octanol–water partition coefficient (Wildman–Crippen LogP) is 5.55. The maximum absolute atomic E-state index is 13.1. The molecule has 200 valence electrons. The summed E-state index contributed by atoms with van der Waals surface area (Å²) in [5.41, 5.74) is 2.64. The van der Waals surface area contributed by atoms with Crippen LogP contribution < -0.4 is 9.64 Å². The zero-order chi connectivity index (χ0) is 27.4. The molecule has 2 fully saturated rings. The second-order valence-corrected chi connectivity index (χ2v) is 10.9.